The number of thioether (sulfide) groups is 1. The average Bonchev–Trinajstić information content (AvgIpc) is 3.60. The van der Waals surface area contributed by atoms with Gasteiger partial charge in [0.15, 0.2) is 0 Å². The Morgan fingerprint density at radius 1 is 1.00 bits per heavy atom. The summed E-state index contributed by atoms with van der Waals surface area (Å²) in [5.74, 6) is -0.650. The molecule has 3 N–H and O–H groups in total. The number of hydrogen-bond acceptors (Lipinski definition) is 5. The third-order valence-corrected chi connectivity index (χ3v) is 7.09. The minimum Gasteiger partial charge on any atom is -0.480 e. The Morgan fingerprint density at radius 2 is 1.62 bits per heavy atom. The summed E-state index contributed by atoms with van der Waals surface area (Å²) in [6.45, 7) is 0.156. The molecule has 2 atom stereocenters. The van der Waals surface area contributed by atoms with E-state index in [1.165, 1.54) is 11.8 Å². The highest BCUT2D eigenvalue weighted by Crippen LogP contribution is 2.44. The summed E-state index contributed by atoms with van der Waals surface area (Å²) < 4.78 is 5.59. The quantitative estimate of drug-likeness (QED) is 0.447. The molecule has 0 heterocycles. The fraction of sp³-hybridized carbons (Fsp3) is 0.423. The van der Waals surface area contributed by atoms with E-state index in [1.807, 2.05) is 42.7 Å². The monoisotopic (exact) mass is 482 g/mol. The van der Waals surface area contributed by atoms with Crippen molar-refractivity contribution in [1.82, 2.24) is 10.6 Å². The first-order valence-electron chi connectivity index (χ1n) is 11.6. The first-order valence-corrected chi connectivity index (χ1v) is 13.0. The molecule has 0 aromatic heterocycles. The number of carboxylic acids is 1. The number of hydrogen-bond donors (Lipinski definition) is 3. The highest BCUT2D eigenvalue weighted by Gasteiger charge is 2.34. The number of aliphatic carboxylic acids is 1. The summed E-state index contributed by atoms with van der Waals surface area (Å²) in [7, 11) is 0. The highest BCUT2D eigenvalue weighted by atomic mass is 32.2. The van der Waals surface area contributed by atoms with Crippen molar-refractivity contribution in [2.75, 3.05) is 18.6 Å². The number of ether oxygens (including phenoxy) is 1. The summed E-state index contributed by atoms with van der Waals surface area (Å²) in [6.07, 6.45) is 4.03. The molecule has 34 heavy (non-hydrogen) atoms. The van der Waals surface area contributed by atoms with E-state index in [0.29, 0.717) is 24.5 Å². The maximum absolute atomic E-state index is 12.9. The molecule has 2 aliphatic carbocycles. The van der Waals surface area contributed by atoms with E-state index in [-0.39, 0.29) is 12.5 Å². The van der Waals surface area contributed by atoms with Gasteiger partial charge in [-0.05, 0) is 53.0 Å². The van der Waals surface area contributed by atoms with Crippen LogP contribution in [-0.2, 0) is 14.3 Å². The minimum atomic E-state index is -1.08. The van der Waals surface area contributed by atoms with Crippen LogP contribution < -0.4 is 10.6 Å². The number of benzene rings is 2. The molecule has 0 saturated heterocycles. The van der Waals surface area contributed by atoms with E-state index in [1.54, 1.807) is 0 Å². The first-order chi connectivity index (χ1) is 16.5. The molecule has 0 aliphatic heterocycles. The van der Waals surface area contributed by atoms with Crippen molar-refractivity contribution in [1.29, 1.82) is 0 Å². The van der Waals surface area contributed by atoms with Crippen molar-refractivity contribution in [3.63, 3.8) is 0 Å². The lowest BCUT2D eigenvalue weighted by Gasteiger charge is -2.22. The van der Waals surface area contributed by atoms with Crippen molar-refractivity contribution in [2.45, 2.75) is 43.7 Å². The van der Waals surface area contributed by atoms with Crippen molar-refractivity contribution in [3.05, 3.63) is 59.7 Å². The predicted octanol–water partition coefficient (Wildman–Crippen LogP) is 4.02. The van der Waals surface area contributed by atoms with Crippen LogP contribution in [0, 0.1) is 5.92 Å². The van der Waals surface area contributed by atoms with Gasteiger partial charge in [-0.25, -0.2) is 9.59 Å². The van der Waals surface area contributed by atoms with Crippen LogP contribution in [0.1, 0.15) is 42.7 Å². The Morgan fingerprint density at radius 3 is 2.18 bits per heavy atom. The lowest BCUT2D eigenvalue weighted by Crippen LogP contribution is -2.52. The molecule has 0 bridgehead atoms. The second-order valence-electron chi connectivity index (χ2n) is 8.88. The summed E-state index contributed by atoms with van der Waals surface area (Å²) in [6, 6.07) is 14.4. The third-order valence-electron chi connectivity index (χ3n) is 6.44. The molecular weight excluding hydrogens is 452 g/mol. The van der Waals surface area contributed by atoms with Crippen LogP contribution >= 0.6 is 11.8 Å². The number of carbonyl (C=O) groups is 3. The maximum atomic E-state index is 12.9. The Hall–Kier alpha value is -3.00. The van der Waals surface area contributed by atoms with Gasteiger partial charge < -0.3 is 20.5 Å². The van der Waals surface area contributed by atoms with Gasteiger partial charge in [0, 0.05) is 5.92 Å². The zero-order valence-electron chi connectivity index (χ0n) is 19.2. The van der Waals surface area contributed by atoms with Gasteiger partial charge in [-0.2, -0.15) is 11.8 Å². The predicted molar refractivity (Wildman–Crippen MR) is 132 cm³/mol. The normalized spacial score (nSPS) is 16.1. The van der Waals surface area contributed by atoms with Crippen molar-refractivity contribution < 1.29 is 24.2 Å². The third kappa shape index (κ3) is 5.73. The number of nitrogens with one attached hydrogen (secondary N) is 2. The van der Waals surface area contributed by atoms with Crippen molar-refractivity contribution in [2.24, 2.45) is 5.92 Å². The molecule has 2 aromatic carbocycles. The highest BCUT2D eigenvalue weighted by molar-refractivity contribution is 7.98. The molecule has 1 saturated carbocycles. The van der Waals surface area contributed by atoms with Crippen LogP contribution in [0.3, 0.4) is 0 Å². The van der Waals surface area contributed by atoms with Gasteiger partial charge in [0.25, 0.3) is 0 Å². The molecule has 1 unspecified atom stereocenters. The van der Waals surface area contributed by atoms with Crippen LogP contribution in [0.5, 0.6) is 0 Å². The zero-order chi connectivity index (χ0) is 24.1. The van der Waals surface area contributed by atoms with Crippen LogP contribution in [0.15, 0.2) is 48.5 Å². The molecule has 1 fully saturated rings. The molecule has 8 heteroatoms. The molecule has 2 amide bonds. The lowest BCUT2D eigenvalue weighted by molar-refractivity contribution is -0.142. The van der Waals surface area contributed by atoms with Crippen LogP contribution in [-0.4, -0.2) is 53.8 Å². The largest absolute Gasteiger partial charge is 0.480 e. The van der Waals surface area contributed by atoms with Gasteiger partial charge in [-0.3, -0.25) is 4.79 Å². The fourth-order valence-electron chi connectivity index (χ4n) is 4.47. The lowest BCUT2D eigenvalue weighted by atomic mass is 9.98. The smallest absolute Gasteiger partial charge is 0.407 e. The van der Waals surface area contributed by atoms with Gasteiger partial charge in [0.1, 0.15) is 18.7 Å². The Labute approximate surface area is 203 Å². The maximum Gasteiger partial charge on any atom is 0.407 e. The molecule has 2 aromatic rings. The molecule has 7 nitrogen and oxygen atoms in total. The number of alkyl carbamates (subject to hydrolysis) is 1. The molecule has 180 valence electrons. The van der Waals surface area contributed by atoms with Gasteiger partial charge in [-0.1, -0.05) is 61.4 Å². The summed E-state index contributed by atoms with van der Waals surface area (Å²) in [5.41, 5.74) is 4.51. The topological polar surface area (TPSA) is 105 Å². The van der Waals surface area contributed by atoms with Crippen molar-refractivity contribution in [3.8, 4) is 11.1 Å². The van der Waals surface area contributed by atoms with Crippen molar-refractivity contribution >= 4 is 29.7 Å². The fourth-order valence-corrected chi connectivity index (χ4v) is 4.94. The van der Waals surface area contributed by atoms with Gasteiger partial charge in [0.05, 0.1) is 0 Å². The van der Waals surface area contributed by atoms with E-state index in [2.05, 4.69) is 22.8 Å². The molecule has 0 spiro atoms. The van der Waals surface area contributed by atoms with Gasteiger partial charge in [0.2, 0.25) is 5.91 Å². The standard InChI is InChI=1S/C26H30N2O5S/c1-34-13-12-22(25(30)31)27-24(29)23(14-16-10-11-16)28-26(32)33-15-21-19-8-4-2-6-17(19)18-7-3-5-9-20(18)21/h2-9,16,21-23H,10-15H2,1H3,(H,27,29)(H,28,32)(H,30,31)/t22-,23?/m1/s1. The average molecular weight is 483 g/mol. The SMILES string of the molecule is CSCC[C@@H](NC(=O)C(CC1CC1)NC(=O)OCC1c2ccccc2-c2ccccc21)C(=O)O. The van der Waals surface area contributed by atoms with Gasteiger partial charge >= 0.3 is 12.1 Å². The first kappa shape index (κ1) is 24.1. The second-order valence-corrected chi connectivity index (χ2v) is 9.87. The number of carboxylic acid groups (broad SMARTS) is 1. The number of amides is 2. The van der Waals surface area contributed by atoms with Gasteiger partial charge in [-0.15, -0.1) is 0 Å². The minimum absolute atomic E-state index is 0.0724. The molecular formula is C26H30N2O5S. The zero-order valence-corrected chi connectivity index (χ0v) is 20.0. The van der Waals surface area contributed by atoms with E-state index in [0.717, 1.165) is 35.1 Å². The van der Waals surface area contributed by atoms with E-state index in [9.17, 15) is 19.5 Å². The van der Waals surface area contributed by atoms with E-state index < -0.39 is 30.1 Å². The molecule has 2 aliphatic rings. The molecule has 4 rings (SSSR count). The number of rotatable bonds is 11. The number of carbonyl (C=O) groups excluding carboxylic acids is 2. The molecule has 0 radical (unpaired) electrons. The van der Waals surface area contributed by atoms with Crippen LogP contribution in [0.4, 0.5) is 4.79 Å². The van der Waals surface area contributed by atoms with E-state index in [4.69, 9.17) is 4.74 Å². The summed E-state index contributed by atoms with van der Waals surface area (Å²) >= 11 is 1.52. The summed E-state index contributed by atoms with van der Waals surface area (Å²) in [4.78, 5) is 37.1. The Kier molecular flexibility index (Phi) is 7.77. The van der Waals surface area contributed by atoms with Crippen LogP contribution in [0.25, 0.3) is 11.1 Å². The summed E-state index contributed by atoms with van der Waals surface area (Å²) in [5, 5.41) is 14.7. The Balaban J connectivity index is 1.39. The van der Waals surface area contributed by atoms with E-state index >= 15 is 0 Å². The number of fused-ring (bicyclic) bond motifs is 3. The van der Waals surface area contributed by atoms with Crippen LogP contribution in [0.2, 0.25) is 0 Å². The Bertz CT molecular complexity index is 1010. The second kappa shape index (κ2) is 11.0.